The van der Waals surface area contributed by atoms with E-state index >= 15 is 0 Å². The SMILES string of the molecule is C=CCN1CSC1=NC(=O)c1ccccc1. The van der Waals surface area contributed by atoms with Gasteiger partial charge in [-0.3, -0.25) is 4.79 Å². The van der Waals surface area contributed by atoms with Gasteiger partial charge in [0.2, 0.25) is 0 Å². The third kappa shape index (κ3) is 2.33. The summed E-state index contributed by atoms with van der Waals surface area (Å²) in [7, 11) is 0. The molecule has 82 valence electrons. The number of hydrogen-bond acceptors (Lipinski definition) is 2. The average Bonchev–Trinajstić information content (AvgIpc) is 2.32. The predicted molar refractivity (Wildman–Crippen MR) is 67.6 cm³/mol. The Morgan fingerprint density at radius 3 is 2.81 bits per heavy atom. The van der Waals surface area contributed by atoms with Crippen molar-refractivity contribution in [3.63, 3.8) is 0 Å². The van der Waals surface area contributed by atoms with Gasteiger partial charge in [0.25, 0.3) is 5.91 Å². The number of amides is 1. The molecule has 0 N–H and O–H groups in total. The molecule has 1 saturated heterocycles. The molecule has 1 heterocycles. The minimum Gasteiger partial charge on any atom is -0.338 e. The zero-order valence-corrected chi connectivity index (χ0v) is 9.61. The number of aliphatic imine (C=N–C) groups is 1. The number of hydrogen-bond donors (Lipinski definition) is 0. The van der Waals surface area contributed by atoms with Crippen LogP contribution in [0.3, 0.4) is 0 Å². The minimum atomic E-state index is -0.183. The van der Waals surface area contributed by atoms with Gasteiger partial charge in [0.1, 0.15) is 0 Å². The molecule has 1 aliphatic rings. The lowest BCUT2D eigenvalue weighted by molar-refractivity contribution is 0.100. The Balaban J connectivity index is 2.07. The molecule has 3 nitrogen and oxygen atoms in total. The summed E-state index contributed by atoms with van der Waals surface area (Å²) in [5.74, 6) is 0.698. The van der Waals surface area contributed by atoms with Gasteiger partial charge in [-0.05, 0) is 12.1 Å². The smallest absolute Gasteiger partial charge is 0.279 e. The Hall–Kier alpha value is -1.55. The van der Waals surface area contributed by atoms with Gasteiger partial charge in [0.05, 0.1) is 5.88 Å². The molecular formula is C12H12N2OS. The van der Waals surface area contributed by atoms with E-state index in [1.807, 2.05) is 29.2 Å². The standard InChI is InChI=1S/C12H12N2OS/c1-2-8-14-9-16-12(14)13-11(15)10-6-4-3-5-7-10/h2-7H,1,8-9H2. The van der Waals surface area contributed by atoms with Crippen molar-refractivity contribution >= 4 is 22.8 Å². The van der Waals surface area contributed by atoms with Gasteiger partial charge in [-0.15, -0.1) is 6.58 Å². The summed E-state index contributed by atoms with van der Waals surface area (Å²) in [6.45, 7) is 4.41. The fourth-order valence-corrected chi connectivity index (χ4v) is 2.09. The van der Waals surface area contributed by atoms with Crippen LogP contribution in [0, 0.1) is 0 Å². The summed E-state index contributed by atoms with van der Waals surface area (Å²) in [4.78, 5) is 17.8. The second-order valence-corrected chi connectivity index (χ2v) is 4.26. The van der Waals surface area contributed by atoms with E-state index in [1.165, 1.54) is 0 Å². The van der Waals surface area contributed by atoms with Crippen LogP contribution >= 0.6 is 11.8 Å². The molecule has 1 aromatic rings. The van der Waals surface area contributed by atoms with Crippen LogP contribution in [-0.2, 0) is 0 Å². The topological polar surface area (TPSA) is 32.7 Å². The van der Waals surface area contributed by atoms with Crippen LogP contribution in [0.2, 0.25) is 0 Å². The molecule has 0 bridgehead atoms. The van der Waals surface area contributed by atoms with Gasteiger partial charge in [-0.25, -0.2) is 0 Å². The van der Waals surface area contributed by atoms with Crippen molar-refractivity contribution in [3.05, 3.63) is 48.6 Å². The minimum absolute atomic E-state index is 0.183. The van der Waals surface area contributed by atoms with Crippen LogP contribution in [0.1, 0.15) is 10.4 Å². The summed E-state index contributed by atoms with van der Waals surface area (Å²) in [5, 5.41) is 0.786. The molecule has 0 aliphatic carbocycles. The summed E-state index contributed by atoms with van der Waals surface area (Å²) >= 11 is 1.58. The molecule has 1 aliphatic heterocycles. The fraction of sp³-hybridized carbons (Fsp3) is 0.167. The van der Waals surface area contributed by atoms with Gasteiger partial charge >= 0.3 is 0 Å². The molecule has 16 heavy (non-hydrogen) atoms. The van der Waals surface area contributed by atoms with Gasteiger partial charge in [-0.2, -0.15) is 4.99 Å². The number of amidine groups is 1. The van der Waals surface area contributed by atoms with Crippen LogP contribution < -0.4 is 0 Å². The molecule has 0 aromatic heterocycles. The number of nitrogens with zero attached hydrogens (tertiary/aromatic N) is 2. The second-order valence-electron chi connectivity index (χ2n) is 3.35. The normalized spacial score (nSPS) is 17.0. The third-order valence-electron chi connectivity index (χ3n) is 2.19. The molecular weight excluding hydrogens is 220 g/mol. The summed E-state index contributed by atoms with van der Waals surface area (Å²) < 4.78 is 0. The summed E-state index contributed by atoms with van der Waals surface area (Å²) in [6, 6.07) is 9.10. The third-order valence-corrected chi connectivity index (χ3v) is 3.24. The van der Waals surface area contributed by atoms with Crippen LogP contribution in [0.4, 0.5) is 0 Å². The van der Waals surface area contributed by atoms with E-state index in [0.29, 0.717) is 5.56 Å². The van der Waals surface area contributed by atoms with Crippen LogP contribution in [0.15, 0.2) is 48.0 Å². The zero-order chi connectivity index (χ0) is 11.4. The average molecular weight is 232 g/mol. The quantitative estimate of drug-likeness (QED) is 0.750. The Morgan fingerprint density at radius 1 is 1.50 bits per heavy atom. The Bertz CT molecular complexity index is 428. The van der Waals surface area contributed by atoms with Gasteiger partial charge in [0.15, 0.2) is 5.17 Å². The van der Waals surface area contributed by atoms with Crippen molar-refractivity contribution in [2.75, 3.05) is 12.4 Å². The summed E-state index contributed by atoms with van der Waals surface area (Å²) in [6.07, 6.45) is 1.81. The van der Waals surface area contributed by atoms with Crippen molar-refractivity contribution in [3.8, 4) is 0 Å². The van der Waals surface area contributed by atoms with Crippen molar-refractivity contribution in [2.45, 2.75) is 0 Å². The molecule has 1 aromatic carbocycles. The summed E-state index contributed by atoms with van der Waals surface area (Å²) in [5.41, 5.74) is 0.626. The van der Waals surface area contributed by atoms with E-state index in [9.17, 15) is 4.79 Å². The molecule has 0 radical (unpaired) electrons. The number of benzene rings is 1. The van der Waals surface area contributed by atoms with Crippen molar-refractivity contribution in [1.29, 1.82) is 0 Å². The largest absolute Gasteiger partial charge is 0.338 e. The highest BCUT2D eigenvalue weighted by Crippen LogP contribution is 2.23. The van der Waals surface area contributed by atoms with E-state index in [2.05, 4.69) is 11.6 Å². The van der Waals surface area contributed by atoms with E-state index in [0.717, 1.165) is 17.6 Å². The van der Waals surface area contributed by atoms with Crippen molar-refractivity contribution < 1.29 is 4.79 Å². The lowest BCUT2D eigenvalue weighted by atomic mass is 10.2. The lowest BCUT2D eigenvalue weighted by Gasteiger charge is -2.32. The maximum atomic E-state index is 11.7. The molecule has 0 spiro atoms. The lowest BCUT2D eigenvalue weighted by Crippen LogP contribution is -2.38. The molecule has 0 unspecified atom stereocenters. The molecule has 2 rings (SSSR count). The highest BCUT2D eigenvalue weighted by atomic mass is 32.2. The number of carbonyl (C=O) groups excluding carboxylic acids is 1. The predicted octanol–water partition coefficient (Wildman–Crippen LogP) is 2.38. The highest BCUT2D eigenvalue weighted by Gasteiger charge is 2.22. The molecule has 1 fully saturated rings. The number of rotatable bonds is 3. The van der Waals surface area contributed by atoms with Gasteiger partial charge < -0.3 is 4.90 Å². The first-order valence-electron chi connectivity index (χ1n) is 4.98. The molecule has 0 saturated carbocycles. The Morgan fingerprint density at radius 2 is 2.25 bits per heavy atom. The maximum Gasteiger partial charge on any atom is 0.279 e. The van der Waals surface area contributed by atoms with Gasteiger partial charge in [0, 0.05) is 12.1 Å². The first-order chi connectivity index (χ1) is 7.81. The van der Waals surface area contributed by atoms with E-state index in [-0.39, 0.29) is 5.91 Å². The van der Waals surface area contributed by atoms with Crippen molar-refractivity contribution in [2.24, 2.45) is 4.99 Å². The fourth-order valence-electron chi connectivity index (χ4n) is 1.34. The van der Waals surface area contributed by atoms with E-state index in [4.69, 9.17) is 0 Å². The maximum absolute atomic E-state index is 11.7. The second kappa shape index (κ2) is 4.99. The first kappa shape index (κ1) is 11.0. The number of carbonyl (C=O) groups is 1. The van der Waals surface area contributed by atoms with E-state index in [1.54, 1.807) is 23.9 Å². The van der Waals surface area contributed by atoms with Crippen LogP contribution in [0.5, 0.6) is 0 Å². The Labute approximate surface area is 98.9 Å². The van der Waals surface area contributed by atoms with Crippen LogP contribution in [0.25, 0.3) is 0 Å². The molecule has 4 heteroatoms. The molecule has 0 atom stereocenters. The van der Waals surface area contributed by atoms with E-state index < -0.39 is 0 Å². The highest BCUT2D eigenvalue weighted by molar-refractivity contribution is 8.15. The molecule has 1 amide bonds. The van der Waals surface area contributed by atoms with Gasteiger partial charge in [-0.1, -0.05) is 36.0 Å². The Kier molecular flexibility index (Phi) is 3.41. The number of thioether (sulfide) groups is 1. The van der Waals surface area contributed by atoms with Crippen LogP contribution in [-0.4, -0.2) is 28.4 Å². The monoisotopic (exact) mass is 232 g/mol. The van der Waals surface area contributed by atoms with Crippen molar-refractivity contribution in [1.82, 2.24) is 4.90 Å². The first-order valence-corrected chi connectivity index (χ1v) is 5.96. The zero-order valence-electron chi connectivity index (χ0n) is 8.80.